The molecular formula is C22H33P. The average Bonchev–Trinajstić information content (AvgIpc) is 2.47. The first-order valence-corrected chi connectivity index (χ1v) is 10.5. The predicted molar refractivity (Wildman–Crippen MR) is 108 cm³/mol. The van der Waals surface area contributed by atoms with E-state index in [4.69, 9.17) is 0 Å². The van der Waals surface area contributed by atoms with Crippen LogP contribution in [0.4, 0.5) is 0 Å². The van der Waals surface area contributed by atoms with Crippen molar-refractivity contribution in [3.05, 3.63) is 42.5 Å². The molecule has 0 nitrogen and oxygen atoms in total. The van der Waals surface area contributed by atoms with E-state index in [0.29, 0.717) is 10.3 Å². The molecule has 0 saturated heterocycles. The second-order valence-corrected chi connectivity index (χ2v) is 11.5. The topological polar surface area (TPSA) is 0 Å². The van der Waals surface area contributed by atoms with Crippen molar-refractivity contribution in [2.75, 3.05) is 0 Å². The van der Waals surface area contributed by atoms with Gasteiger partial charge in [0.05, 0.1) is 0 Å². The molecule has 0 aliphatic rings. The molecule has 2 aromatic carbocycles. The third kappa shape index (κ3) is 3.97. The van der Waals surface area contributed by atoms with Crippen LogP contribution in [0.1, 0.15) is 67.2 Å². The Balaban J connectivity index is 2.65. The average molecular weight is 328 g/mol. The van der Waals surface area contributed by atoms with Crippen LogP contribution in [0.5, 0.6) is 0 Å². The Morgan fingerprint density at radius 2 is 1.26 bits per heavy atom. The Hall–Kier alpha value is -0.870. The van der Waals surface area contributed by atoms with Gasteiger partial charge in [-0.2, -0.15) is 0 Å². The van der Waals surface area contributed by atoms with Gasteiger partial charge >= 0.3 is 0 Å². The standard InChI is InChI=1S/C22H33P/c1-7-16-21(3,4)23(22(5,6)17-8-2)20-15-11-13-18-12-9-10-14-19(18)20/h9-15H,7-8,16-17H2,1-6H3. The molecule has 2 aromatic rings. The van der Waals surface area contributed by atoms with E-state index in [2.05, 4.69) is 84.0 Å². The molecule has 0 saturated carbocycles. The van der Waals surface area contributed by atoms with E-state index < -0.39 is 0 Å². The van der Waals surface area contributed by atoms with Crippen LogP contribution >= 0.6 is 7.92 Å². The molecule has 0 N–H and O–H groups in total. The third-order valence-corrected chi connectivity index (χ3v) is 8.68. The normalized spacial score (nSPS) is 13.0. The fourth-order valence-corrected chi connectivity index (χ4v) is 8.84. The SMILES string of the molecule is CCCC(C)(C)P(c1cccc2ccccc12)C(C)(C)CCC. The maximum atomic E-state index is 2.50. The van der Waals surface area contributed by atoms with Crippen LogP contribution in [0.2, 0.25) is 0 Å². The van der Waals surface area contributed by atoms with E-state index in [1.54, 1.807) is 5.30 Å². The van der Waals surface area contributed by atoms with Crippen molar-refractivity contribution in [3.63, 3.8) is 0 Å². The van der Waals surface area contributed by atoms with Crippen LogP contribution < -0.4 is 5.30 Å². The minimum absolute atomic E-state index is 0.254. The molecule has 0 atom stereocenters. The van der Waals surface area contributed by atoms with Crippen LogP contribution in [-0.2, 0) is 0 Å². The molecule has 2 rings (SSSR count). The summed E-state index contributed by atoms with van der Waals surface area (Å²) in [6.45, 7) is 14.7. The summed E-state index contributed by atoms with van der Waals surface area (Å²) >= 11 is 0. The predicted octanol–water partition coefficient (Wildman–Crippen LogP) is 7.10. The zero-order valence-electron chi connectivity index (χ0n) is 15.8. The third-order valence-electron chi connectivity index (χ3n) is 4.94. The zero-order valence-corrected chi connectivity index (χ0v) is 16.7. The van der Waals surface area contributed by atoms with E-state index in [0.717, 1.165) is 0 Å². The summed E-state index contributed by atoms with van der Waals surface area (Å²) in [5.74, 6) is 0. The van der Waals surface area contributed by atoms with E-state index in [-0.39, 0.29) is 7.92 Å². The Bertz CT molecular complexity index is 616. The van der Waals surface area contributed by atoms with E-state index in [9.17, 15) is 0 Å². The Morgan fingerprint density at radius 3 is 1.83 bits per heavy atom. The molecule has 0 fully saturated rings. The van der Waals surface area contributed by atoms with E-state index >= 15 is 0 Å². The molecule has 0 spiro atoms. The van der Waals surface area contributed by atoms with Crippen molar-refractivity contribution >= 4 is 24.0 Å². The van der Waals surface area contributed by atoms with Gasteiger partial charge < -0.3 is 0 Å². The summed E-state index contributed by atoms with van der Waals surface area (Å²) in [7, 11) is -0.254. The van der Waals surface area contributed by atoms with Crippen LogP contribution in [0, 0.1) is 0 Å². The highest BCUT2D eigenvalue weighted by molar-refractivity contribution is 7.69. The van der Waals surface area contributed by atoms with Crippen molar-refractivity contribution in [2.45, 2.75) is 77.5 Å². The molecule has 0 heterocycles. The van der Waals surface area contributed by atoms with Gasteiger partial charge in [-0.15, -0.1) is 0 Å². The first kappa shape index (κ1) is 18.5. The maximum absolute atomic E-state index is 2.50. The molecule has 0 aliphatic carbocycles. The lowest BCUT2D eigenvalue weighted by Gasteiger charge is -2.46. The van der Waals surface area contributed by atoms with Gasteiger partial charge in [0.25, 0.3) is 0 Å². The van der Waals surface area contributed by atoms with Gasteiger partial charge in [-0.05, 0) is 39.2 Å². The fourth-order valence-electron chi connectivity index (χ4n) is 4.32. The summed E-state index contributed by atoms with van der Waals surface area (Å²) < 4.78 is 0. The first-order chi connectivity index (χ1) is 10.8. The molecule has 126 valence electrons. The van der Waals surface area contributed by atoms with Crippen LogP contribution in [0.15, 0.2) is 42.5 Å². The van der Waals surface area contributed by atoms with Gasteiger partial charge in [0.2, 0.25) is 0 Å². The van der Waals surface area contributed by atoms with Crippen LogP contribution in [0.25, 0.3) is 10.8 Å². The summed E-state index contributed by atoms with van der Waals surface area (Å²) in [6.07, 6.45) is 5.13. The number of hydrogen-bond acceptors (Lipinski definition) is 0. The van der Waals surface area contributed by atoms with Crippen molar-refractivity contribution in [2.24, 2.45) is 0 Å². The molecule has 23 heavy (non-hydrogen) atoms. The molecule has 0 aliphatic heterocycles. The number of fused-ring (bicyclic) bond motifs is 1. The molecule has 1 heteroatoms. The number of hydrogen-bond donors (Lipinski definition) is 0. The van der Waals surface area contributed by atoms with Crippen LogP contribution in [-0.4, -0.2) is 10.3 Å². The molecule has 0 aromatic heterocycles. The Kier molecular flexibility index (Phi) is 5.90. The van der Waals surface area contributed by atoms with Gasteiger partial charge in [-0.25, -0.2) is 0 Å². The Labute approximate surface area is 144 Å². The molecule has 0 amide bonds. The van der Waals surface area contributed by atoms with Gasteiger partial charge in [0, 0.05) is 0 Å². The second-order valence-electron chi connectivity index (χ2n) is 7.96. The minimum Gasteiger partial charge on any atom is -0.0653 e. The smallest absolute Gasteiger partial charge is 0.0106 e. The van der Waals surface area contributed by atoms with Crippen molar-refractivity contribution in [1.82, 2.24) is 0 Å². The van der Waals surface area contributed by atoms with E-state index in [1.165, 1.54) is 36.5 Å². The highest BCUT2D eigenvalue weighted by atomic mass is 31.1. The highest BCUT2D eigenvalue weighted by Gasteiger charge is 2.40. The van der Waals surface area contributed by atoms with Crippen molar-refractivity contribution < 1.29 is 0 Å². The van der Waals surface area contributed by atoms with Crippen molar-refractivity contribution in [1.29, 1.82) is 0 Å². The summed E-state index contributed by atoms with van der Waals surface area (Å²) in [6, 6.07) is 15.9. The first-order valence-electron chi connectivity index (χ1n) is 9.11. The van der Waals surface area contributed by atoms with Gasteiger partial charge in [-0.1, -0.05) is 105 Å². The molecule has 0 unspecified atom stereocenters. The lowest BCUT2D eigenvalue weighted by molar-refractivity contribution is 0.563. The quantitative estimate of drug-likeness (QED) is 0.475. The molecule has 0 radical (unpaired) electrons. The van der Waals surface area contributed by atoms with Gasteiger partial charge in [0.15, 0.2) is 0 Å². The lowest BCUT2D eigenvalue weighted by atomic mass is 10.1. The monoisotopic (exact) mass is 328 g/mol. The molecule has 0 bridgehead atoms. The summed E-state index contributed by atoms with van der Waals surface area (Å²) in [5, 5.41) is 5.20. The highest BCUT2D eigenvalue weighted by Crippen LogP contribution is 2.62. The summed E-state index contributed by atoms with van der Waals surface area (Å²) in [5.41, 5.74) is 0. The number of rotatable bonds is 7. The van der Waals surface area contributed by atoms with E-state index in [1.807, 2.05) is 0 Å². The zero-order chi connectivity index (χ0) is 17.1. The minimum atomic E-state index is -0.254. The fraction of sp³-hybridized carbons (Fsp3) is 0.545. The lowest BCUT2D eigenvalue weighted by Crippen LogP contribution is -2.35. The largest absolute Gasteiger partial charge is 0.0653 e. The van der Waals surface area contributed by atoms with Crippen molar-refractivity contribution in [3.8, 4) is 0 Å². The Morgan fingerprint density at radius 1 is 0.739 bits per heavy atom. The summed E-state index contributed by atoms with van der Waals surface area (Å²) in [4.78, 5) is 0. The maximum Gasteiger partial charge on any atom is -0.0106 e. The van der Waals surface area contributed by atoms with Gasteiger partial charge in [-0.3, -0.25) is 0 Å². The van der Waals surface area contributed by atoms with Crippen LogP contribution in [0.3, 0.4) is 0 Å². The van der Waals surface area contributed by atoms with Gasteiger partial charge in [0.1, 0.15) is 0 Å². The number of benzene rings is 2. The second kappa shape index (κ2) is 7.35. The molecular weight excluding hydrogens is 295 g/mol.